The molecule has 0 aromatic heterocycles. The highest BCUT2D eigenvalue weighted by atomic mass is 35.5. The van der Waals surface area contributed by atoms with E-state index in [1.54, 1.807) is 6.92 Å². The molecule has 0 aliphatic carbocycles. The van der Waals surface area contributed by atoms with Gasteiger partial charge in [-0.2, -0.15) is 0 Å². The van der Waals surface area contributed by atoms with Gasteiger partial charge in [0.2, 0.25) is 0 Å². The molecule has 0 unspecified atom stereocenters. The zero-order chi connectivity index (χ0) is 10.6. The molecule has 1 aromatic rings. The summed E-state index contributed by atoms with van der Waals surface area (Å²) in [5.41, 5.74) is 6.69. The van der Waals surface area contributed by atoms with Crippen LogP contribution in [0.15, 0.2) is 24.3 Å². The molecule has 1 aromatic carbocycles. The molecule has 0 spiro atoms. The van der Waals surface area contributed by atoms with E-state index in [4.69, 9.17) is 10.5 Å². The quantitative estimate of drug-likeness (QED) is 0.832. The lowest BCUT2D eigenvalue weighted by atomic mass is 10.0. The Bertz CT molecular complexity index is 292. The Morgan fingerprint density at radius 1 is 1.40 bits per heavy atom. The number of nitrogens with two attached hydrogens (primary N) is 1. The lowest BCUT2D eigenvalue weighted by Crippen LogP contribution is -2.23. The van der Waals surface area contributed by atoms with Crippen LogP contribution in [-0.2, 0) is 0 Å². The van der Waals surface area contributed by atoms with Crippen molar-refractivity contribution in [2.45, 2.75) is 26.0 Å². The predicted molar refractivity (Wildman–Crippen MR) is 63.5 cm³/mol. The van der Waals surface area contributed by atoms with Gasteiger partial charge in [-0.25, -0.2) is 0 Å². The van der Waals surface area contributed by atoms with E-state index in [1.807, 2.05) is 31.2 Å². The average molecular weight is 232 g/mol. The first-order valence-corrected chi connectivity index (χ1v) is 4.82. The predicted octanol–water partition coefficient (Wildman–Crippen LogP) is 1.89. The van der Waals surface area contributed by atoms with Crippen molar-refractivity contribution in [1.82, 2.24) is 0 Å². The van der Waals surface area contributed by atoms with Gasteiger partial charge >= 0.3 is 0 Å². The summed E-state index contributed by atoms with van der Waals surface area (Å²) in [6.45, 7) is 4.20. The van der Waals surface area contributed by atoms with Crippen molar-refractivity contribution in [2.75, 3.05) is 6.61 Å². The Hall–Kier alpha value is -0.770. The molecular weight excluding hydrogens is 214 g/mol. The van der Waals surface area contributed by atoms with E-state index in [2.05, 4.69) is 0 Å². The number of halogens is 1. The zero-order valence-electron chi connectivity index (χ0n) is 9.01. The first-order valence-electron chi connectivity index (χ1n) is 4.82. The minimum Gasteiger partial charge on any atom is -0.494 e. The summed E-state index contributed by atoms with van der Waals surface area (Å²) in [7, 11) is 0. The van der Waals surface area contributed by atoms with Gasteiger partial charge in [-0.05, 0) is 19.9 Å². The Labute approximate surface area is 96.7 Å². The molecule has 2 atom stereocenters. The summed E-state index contributed by atoms with van der Waals surface area (Å²) in [6.07, 6.45) is -0.573. The van der Waals surface area contributed by atoms with Crippen molar-refractivity contribution >= 4 is 12.4 Å². The van der Waals surface area contributed by atoms with Gasteiger partial charge in [0.1, 0.15) is 5.75 Å². The number of ether oxygens (including phenoxy) is 1. The molecule has 0 heterocycles. The van der Waals surface area contributed by atoms with E-state index in [1.165, 1.54) is 0 Å². The third kappa shape index (κ3) is 3.70. The molecule has 0 amide bonds. The lowest BCUT2D eigenvalue weighted by molar-refractivity contribution is 0.162. The molecule has 0 saturated carbocycles. The highest BCUT2D eigenvalue weighted by Crippen LogP contribution is 2.25. The van der Waals surface area contributed by atoms with Crippen molar-refractivity contribution in [3.63, 3.8) is 0 Å². The second kappa shape index (κ2) is 6.67. The fraction of sp³-hybridized carbons (Fsp3) is 0.455. The molecule has 4 heteroatoms. The van der Waals surface area contributed by atoms with Gasteiger partial charge < -0.3 is 15.6 Å². The van der Waals surface area contributed by atoms with Gasteiger partial charge in [-0.1, -0.05) is 18.2 Å². The molecule has 0 saturated heterocycles. The minimum absolute atomic E-state index is 0. The summed E-state index contributed by atoms with van der Waals surface area (Å²) in [5.74, 6) is 0.753. The van der Waals surface area contributed by atoms with Crippen LogP contribution in [0.3, 0.4) is 0 Å². The summed E-state index contributed by atoms with van der Waals surface area (Å²) in [6, 6.07) is 7.13. The smallest absolute Gasteiger partial charge is 0.124 e. The molecule has 86 valence electrons. The van der Waals surface area contributed by atoms with Crippen molar-refractivity contribution in [3.8, 4) is 5.75 Å². The lowest BCUT2D eigenvalue weighted by Gasteiger charge is -2.18. The van der Waals surface area contributed by atoms with Gasteiger partial charge in [0.15, 0.2) is 0 Å². The Morgan fingerprint density at radius 2 is 2.00 bits per heavy atom. The van der Waals surface area contributed by atoms with Crippen LogP contribution in [0.2, 0.25) is 0 Å². The largest absolute Gasteiger partial charge is 0.494 e. The monoisotopic (exact) mass is 231 g/mol. The molecule has 0 bridgehead atoms. The Kier molecular flexibility index (Phi) is 6.32. The van der Waals surface area contributed by atoms with E-state index in [-0.39, 0.29) is 12.4 Å². The van der Waals surface area contributed by atoms with Crippen LogP contribution < -0.4 is 10.5 Å². The molecule has 0 aliphatic rings. The topological polar surface area (TPSA) is 55.5 Å². The standard InChI is InChI=1S/C11H17NO2.ClH/c1-3-14-10-7-5-4-6-9(10)11(12)8(2)13;/h4-8,11,13H,3,12H2,1-2H3;1H/t8-,11-;/m1./s1. The van der Waals surface area contributed by atoms with E-state index >= 15 is 0 Å². The van der Waals surface area contributed by atoms with Crippen LogP contribution in [0.4, 0.5) is 0 Å². The van der Waals surface area contributed by atoms with Gasteiger partial charge in [-0.15, -0.1) is 12.4 Å². The normalized spacial score (nSPS) is 13.9. The Morgan fingerprint density at radius 3 is 2.53 bits per heavy atom. The number of hydrogen-bond acceptors (Lipinski definition) is 3. The molecule has 15 heavy (non-hydrogen) atoms. The molecule has 3 N–H and O–H groups in total. The van der Waals surface area contributed by atoms with E-state index in [0.29, 0.717) is 6.61 Å². The third-order valence-electron chi connectivity index (χ3n) is 2.10. The number of aliphatic hydroxyl groups excluding tert-OH is 1. The highest BCUT2D eigenvalue weighted by Gasteiger charge is 2.15. The molecule has 0 fully saturated rings. The van der Waals surface area contributed by atoms with Gasteiger partial charge in [0, 0.05) is 5.56 Å². The molecular formula is C11H18ClNO2. The van der Waals surface area contributed by atoms with Crippen LogP contribution in [0.5, 0.6) is 5.75 Å². The van der Waals surface area contributed by atoms with Gasteiger partial charge in [0.05, 0.1) is 18.8 Å². The summed E-state index contributed by atoms with van der Waals surface area (Å²) in [4.78, 5) is 0. The first kappa shape index (κ1) is 14.2. The number of rotatable bonds is 4. The molecule has 0 aliphatic heterocycles. The van der Waals surface area contributed by atoms with Crippen molar-refractivity contribution in [1.29, 1.82) is 0 Å². The van der Waals surface area contributed by atoms with E-state index in [0.717, 1.165) is 11.3 Å². The van der Waals surface area contributed by atoms with Crippen LogP contribution >= 0.6 is 12.4 Å². The SMILES string of the molecule is CCOc1ccccc1[C@H](N)[C@@H](C)O.Cl. The first-order chi connectivity index (χ1) is 6.66. The highest BCUT2D eigenvalue weighted by molar-refractivity contribution is 5.85. The summed E-state index contributed by atoms with van der Waals surface area (Å²) < 4.78 is 5.42. The minimum atomic E-state index is -0.573. The van der Waals surface area contributed by atoms with Crippen LogP contribution in [0.1, 0.15) is 25.5 Å². The fourth-order valence-corrected chi connectivity index (χ4v) is 1.30. The van der Waals surface area contributed by atoms with Gasteiger partial charge in [-0.3, -0.25) is 0 Å². The fourth-order valence-electron chi connectivity index (χ4n) is 1.30. The van der Waals surface area contributed by atoms with Crippen LogP contribution in [0, 0.1) is 0 Å². The van der Waals surface area contributed by atoms with E-state index in [9.17, 15) is 5.11 Å². The average Bonchev–Trinajstić information content (AvgIpc) is 2.18. The van der Waals surface area contributed by atoms with E-state index < -0.39 is 12.1 Å². The molecule has 1 rings (SSSR count). The maximum absolute atomic E-state index is 9.39. The summed E-state index contributed by atoms with van der Waals surface area (Å²) >= 11 is 0. The number of para-hydroxylation sites is 1. The Balaban J connectivity index is 0.00000196. The molecule has 0 radical (unpaired) electrons. The third-order valence-corrected chi connectivity index (χ3v) is 2.10. The van der Waals surface area contributed by atoms with Crippen molar-refractivity contribution in [3.05, 3.63) is 29.8 Å². The number of aliphatic hydroxyl groups is 1. The molecule has 3 nitrogen and oxygen atoms in total. The number of benzene rings is 1. The summed E-state index contributed by atoms with van der Waals surface area (Å²) in [5, 5.41) is 9.39. The second-order valence-electron chi connectivity index (χ2n) is 3.24. The van der Waals surface area contributed by atoms with Crippen LogP contribution in [-0.4, -0.2) is 17.8 Å². The van der Waals surface area contributed by atoms with Gasteiger partial charge in [0.25, 0.3) is 0 Å². The van der Waals surface area contributed by atoms with Crippen molar-refractivity contribution in [2.24, 2.45) is 5.73 Å². The number of hydrogen-bond donors (Lipinski definition) is 2. The maximum atomic E-state index is 9.39. The second-order valence-corrected chi connectivity index (χ2v) is 3.24. The van der Waals surface area contributed by atoms with Crippen LogP contribution in [0.25, 0.3) is 0 Å². The zero-order valence-corrected chi connectivity index (χ0v) is 9.83. The maximum Gasteiger partial charge on any atom is 0.124 e. The van der Waals surface area contributed by atoms with Crippen molar-refractivity contribution < 1.29 is 9.84 Å².